The molecule has 2 aromatic carbocycles. The lowest BCUT2D eigenvalue weighted by molar-refractivity contribution is 0.0942. The van der Waals surface area contributed by atoms with Crippen molar-refractivity contribution in [2.75, 3.05) is 12.8 Å². The number of nitrogens with one attached hydrogen (secondary N) is 2. The number of amides is 1. The van der Waals surface area contributed by atoms with Gasteiger partial charge in [0.05, 0.1) is 10.5 Å². The lowest BCUT2D eigenvalue weighted by atomic mass is 9.86. The number of carbonyl (C=O) groups is 1. The number of fused-ring (bicyclic) bond motifs is 1. The van der Waals surface area contributed by atoms with E-state index < -0.39 is 27.4 Å². The van der Waals surface area contributed by atoms with Crippen molar-refractivity contribution in [1.29, 1.82) is 0 Å². The number of ether oxygens (including phenoxy) is 1. The number of hydrogen-bond acceptors (Lipinski definition) is 4. The highest BCUT2D eigenvalue weighted by Gasteiger charge is 2.32. The van der Waals surface area contributed by atoms with Gasteiger partial charge in [0.2, 0.25) is 0 Å². The minimum absolute atomic E-state index is 0.0649. The van der Waals surface area contributed by atoms with Crippen molar-refractivity contribution < 1.29 is 26.7 Å². The summed E-state index contributed by atoms with van der Waals surface area (Å²) in [5.41, 5.74) is 2.31. The second kappa shape index (κ2) is 7.24. The molecule has 2 heterocycles. The number of aryl methyl sites for hydroxylation is 1. The smallest absolute Gasteiger partial charge is 0.253 e. The van der Waals surface area contributed by atoms with Crippen molar-refractivity contribution in [2.24, 2.45) is 0 Å². The number of halogens is 2. The maximum absolute atomic E-state index is 14.1. The highest BCUT2D eigenvalue weighted by atomic mass is 32.2. The van der Waals surface area contributed by atoms with Gasteiger partial charge >= 0.3 is 0 Å². The Morgan fingerprint density at radius 1 is 1.07 bits per heavy atom. The molecule has 9 heteroatoms. The normalized spacial score (nSPS) is 16.1. The third-order valence-corrected chi connectivity index (χ3v) is 6.19. The number of aromatic amines is 1. The van der Waals surface area contributed by atoms with Crippen LogP contribution in [-0.4, -0.2) is 32.1 Å². The van der Waals surface area contributed by atoms with Crippen LogP contribution in [0.15, 0.2) is 47.5 Å². The summed E-state index contributed by atoms with van der Waals surface area (Å²) in [5.74, 6) is -2.28. The van der Waals surface area contributed by atoms with E-state index >= 15 is 0 Å². The van der Waals surface area contributed by atoms with Crippen LogP contribution in [0.4, 0.5) is 8.78 Å². The second-order valence-corrected chi connectivity index (χ2v) is 9.17. The van der Waals surface area contributed by atoms with Gasteiger partial charge < -0.3 is 15.0 Å². The van der Waals surface area contributed by atoms with Crippen LogP contribution in [0.2, 0.25) is 0 Å². The van der Waals surface area contributed by atoms with E-state index in [1.165, 1.54) is 18.2 Å². The van der Waals surface area contributed by atoms with E-state index in [1.807, 2.05) is 0 Å². The fraction of sp³-hybridized carbons (Fsp3) is 0.190. The lowest BCUT2D eigenvalue weighted by Gasteiger charge is -2.26. The molecule has 1 amide bonds. The van der Waals surface area contributed by atoms with Gasteiger partial charge in [0.1, 0.15) is 11.6 Å². The Morgan fingerprint density at radius 2 is 1.80 bits per heavy atom. The van der Waals surface area contributed by atoms with Crippen LogP contribution in [0.5, 0.6) is 11.5 Å². The van der Waals surface area contributed by atoms with E-state index in [0.717, 1.165) is 18.4 Å². The molecule has 156 valence electrons. The molecule has 1 aliphatic heterocycles. The van der Waals surface area contributed by atoms with E-state index in [0.29, 0.717) is 28.5 Å². The summed E-state index contributed by atoms with van der Waals surface area (Å²) >= 11 is 0. The maximum Gasteiger partial charge on any atom is 0.253 e. The fourth-order valence-electron chi connectivity index (χ4n) is 3.59. The first-order valence-electron chi connectivity index (χ1n) is 9.08. The van der Waals surface area contributed by atoms with Crippen LogP contribution in [-0.2, 0) is 9.84 Å². The average Bonchev–Trinajstić information content (AvgIpc) is 3.07. The molecule has 0 bridgehead atoms. The third kappa shape index (κ3) is 3.56. The third-order valence-electron chi connectivity index (χ3n) is 5.08. The number of hydrogen-bond donors (Lipinski definition) is 2. The molecule has 6 nitrogen and oxygen atoms in total. The quantitative estimate of drug-likeness (QED) is 0.659. The van der Waals surface area contributed by atoms with Gasteiger partial charge in [0.15, 0.2) is 21.4 Å². The Labute approximate surface area is 171 Å². The van der Waals surface area contributed by atoms with Gasteiger partial charge in [-0.1, -0.05) is 0 Å². The molecule has 1 aliphatic rings. The summed E-state index contributed by atoms with van der Waals surface area (Å²) in [6.45, 7) is 1.97. The van der Waals surface area contributed by atoms with Gasteiger partial charge in [-0.15, -0.1) is 0 Å². The van der Waals surface area contributed by atoms with Gasteiger partial charge in [-0.2, -0.15) is 0 Å². The molecular formula is C21H18F2N2O4S. The zero-order valence-corrected chi connectivity index (χ0v) is 16.9. The predicted molar refractivity (Wildman–Crippen MR) is 106 cm³/mol. The second-order valence-electron chi connectivity index (χ2n) is 7.16. The van der Waals surface area contributed by atoms with Crippen molar-refractivity contribution in [3.63, 3.8) is 0 Å². The maximum atomic E-state index is 14.1. The Morgan fingerprint density at radius 3 is 2.50 bits per heavy atom. The molecule has 0 aliphatic carbocycles. The van der Waals surface area contributed by atoms with Gasteiger partial charge in [-0.3, -0.25) is 4.79 Å². The Bertz CT molecular complexity index is 1270. The monoisotopic (exact) mass is 432 g/mol. The Balaban J connectivity index is 1.86. The topological polar surface area (TPSA) is 88.3 Å². The van der Waals surface area contributed by atoms with E-state index in [-0.39, 0.29) is 28.8 Å². The number of rotatable bonds is 4. The number of benzene rings is 2. The molecule has 0 spiro atoms. The highest BCUT2D eigenvalue weighted by Crippen LogP contribution is 2.39. The molecule has 0 saturated heterocycles. The number of aromatic nitrogens is 1. The molecule has 1 atom stereocenters. The van der Waals surface area contributed by atoms with E-state index in [9.17, 15) is 22.0 Å². The summed E-state index contributed by atoms with van der Waals surface area (Å²) in [6.07, 6.45) is 2.78. The molecule has 30 heavy (non-hydrogen) atoms. The summed E-state index contributed by atoms with van der Waals surface area (Å²) in [5, 5.41) is 2.79. The molecule has 0 saturated carbocycles. The van der Waals surface area contributed by atoms with Crippen molar-refractivity contribution in [3.8, 4) is 11.5 Å². The highest BCUT2D eigenvalue weighted by molar-refractivity contribution is 7.90. The zero-order chi connectivity index (χ0) is 21.6. The van der Waals surface area contributed by atoms with Gasteiger partial charge in [0.25, 0.3) is 5.91 Å². The first kappa shape index (κ1) is 20.1. The number of sulfone groups is 1. The van der Waals surface area contributed by atoms with Crippen LogP contribution in [0.25, 0.3) is 0 Å². The van der Waals surface area contributed by atoms with Crippen LogP contribution in [0, 0.1) is 18.6 Å². The van der Waals surface area contributed by atoms with E-state index in [1.54, 1.807) is 13.1 Å². The summed E-state index contributed by atoms with van der Waals surface area (Å²) < 4.78 is 57.3. The minimum Gasteiger partial charge on any atom is -0.454 e. The zero-order valence-electron chi connectivity index (χ0n) is 16.1. The van der Waals surface area contributed by atoms with Crippen molar-refractivity contribution >= 4 is 15.7 Å². The van der Waals surface area contributed by atoms with E-state index in [4.69, 9.17) is 4.74 Å². The Kier molecular flexibility index (Phi) is 4.85. The van der Waals surface area contributed by atoms with Crippen LogP contribution in [0.3, 0.4) is 0 Å². The first-order valence-corrected chi connectivity index (χ1v) is 11.0. The number of H-pyrrole nitrogens is 1. The standard InChI is InChI=1S/C21H18F2N2O4S/c1-11-20-16(10-24-11)15(9-25-21(20)26)14-8-13(30(2,27)28)4-6-18(14)29-19-5-3-12(22)7-17(19)23/h3-8,10,15,24H,9H2,1-2H3,(H,25,26). The summed E-state index contributed by atoms with van der Waals surface area (Å²) in [4.78, 5) is 15.4. The first-order chi connectivity index (χ1) is 14.1. The van der Waals surface area contributed by atoms with Crippen LogP contribution < -0.4 is 10.1 Å². The van der Waals surface area contributed by atoms with Crippen LogP contribution >= 0.6 is 0 Å². The molecule has 1 aromatic heterocycles. The van der Waals surface area contributed by atoms with Crippen LogP contribution in [0.1, 0.15) is 33.1 Å². The average molecular weight is 432 g/mol. The molecule has 0 fully saturated rings. The largest absolute Gasteiger partial charge is 0.454 e. The molecule has 3 aromatic rings. The predicted octanol–water partition coefficient (Wildman–Crippen LogP) is 3.67. The minimum atomic E-state index is -3.52. The van der Waals surface area contributed by atoms with Crippen molar-refractivity contribution in [1.82, 2.24) is 10.3 Å². The molecule has 2 N–H and O–H groups in total. The van der Waals surface area contributed by atoms with Gasteiger partial charge in [0, 0.05) is 42.2 Å². The fourth-order valence-corrected chi connectivity index (χ4v) is 4.25. The number of carbonyl (C=O) groups excluding carboxylic acids is 1. The SMILES string of the molecule is Cc1[nH]cc2c1C(=O)NCC2c1cc(S(C)(=O)=O)ccc1Oc1ccc(F)cc1F. The lowest BCUT2D eigenvalue weighted by Crippen LogP contribution is -2.35. The summed E-state index contributed by atoms with van der Waals surface area (Å²) in [6, 6.07) is 7.18. The van der Waals surface area contributed by atoms with Crippen molar-refractivity contribution in [2.45, 2.75) is 17.7 Å². The molecule has 0 radical (unpaired) electrons. The van der Waals surface area contributed by atoms with Gasteiger partial charge in [-0.05, 0) is 42.8 Å². The molecular weight excluding hydrogens is 414 g/mol. The summed E-state index contributed by atoms with van der Waals surface area (Å²) in [7, 11) is -3.52. The molecule has 1 unspecified atom stereocenters. The van der Waals surface area contributed by atoms with E-state index in [2.05, 4.69) is 10.3 Å². The molecule has 4 rings (SSSR count). The Hall–Kier alpha value is -3.20. The van der Waals surface area contributed by atoms with Crippen molar-refractivity contribution in [3.05, 3.63) is 76.6 Å². The van der Waals surface area contributed by atoms with Gasteiger partial charge in [-0.25, -0.2) is 17.2 Å².